The second kappa shape index (κ2) is 5.95. The van der Waals surface area contributed by atoms with E-state index >= 15 is 0 Å². The SMILES string of the molecule is CC(Cl)CCN(C)S(=O)(=O)c1cc(F)ccc1F. The molecular weight excluding hydrogens is 284 g/mol. The first-order chi connectivity index (χ1) is 8.25. The van der Waals surface area contributed by atoms with Crippen molar-refractivity contribution in [2.24, 2.45) is 0 Å². The van der Waals surface area contributed by atoms with Crippen molar-refractivity contribution in [2.45, 2.75) is 23.6 Å². The third-order valence-corrected chi connectivity index (χ3v) is 4.51. The van der Waals surface area contributed by atoms with Crippen LogP contribution in [-0.2, 0) is 10.0 Å². The number of sulfonamides is 1. The van der Waals surface area contributed by atoms with Gasteiger partial charge in [0.05, 0.1) is 0 Å². The summed E-state index contributed by atoms with van der Waals surface area (Å²) in [6, 6.07) is 2.33. The number of rotatable bonds is 5. The van der Waals surface area contributed by atoms with Gasteiger partial charge in [0.1, 0.15) is 16.5 Å². The Bertz CT molecular complexity index is 520. The summed E-state index contributed by atoms with van der Waals surface area (Å²) in [5.74, 6) is -1.77. The molecule has 0 amide bonds. The lowest BCUT2D eigenvalue weighted by atomic mass is 10.3. The lowest BCUT2D eigenvalue weighted by Crippen LogP contribution is -2.29. The summed E-state index contributed by atoms with van der Waals surface area (Å²) in [5.41, 5.74) is 0. The van der Waals surface area contributed by atoms with Crippen molar-refractivity contribution in [3.8, 4) is 0 Å². The molecule has 0 aliphatic heterocycles. The third kappa shape index (κ3) is 3.63. The highest BCUT2D eigenvalue weighted by Crippen LogP contribution is 2.20. The summed E-state index contributed by atoms with van der Waals surface area (Å²) in [7, 11) is -2.72. The maximum absolute atomic E-state index is 13.4. The molecule has 0 radical (unpaired) electrons. The average molecular weight is 298 g/mol. The van der Waals surface area contributed by atoms with E-state index in [9.17, 15) is 17.2 Å². The predicted molar refractivity (Wildman–Crippen MR) is 66.1 cm³/mol. The number of hydrogen-bond donors (Lipinski definition) is 0. The van der Waals surface area contributed by atoms with E-state index in [1.54, 1.807) is 6.92 Å². The van der Waals surface area contributed by atoms with Crippen LogP contribution in [0.3, 0.4) is 0 Å². The van der Waals surface area contributed by atoms with E-state index in [-0.39, 0.29) is 11.9 Å². The van der Waals surface area contributed by atoms with Crippen molar-refractivity contribution in [1.82, 2.24) is 4.31 Å². The van der Waals surface area contributed by atoms with Crippen molar-refractivity contribution in [1.29, 1.82) is 0 Å². The van der Waals surface area contributed by atoms with Crippen LogP contribution in [0.2, 0.25) is 0 Å². The molecule has 7 heteroatoms. The Balaban J connectivity index is 3.02. The van der Waals surface area contributed by atoms with Crippen LogP contribution in [0.4, 0.5) is 8.78 Å². The molecule has 0 aliphatic carbocycles. The monoisotopic (exact) mass is 297 g/mol. The van der Waals surface area contributed by atoms with Gasteiger partial charge < -0.3 is 0 Å². The predicted octanol–water partition coefficient (Wildman–Crippen LogP) is 2.60. The van der Waals surface area contributed by atoms with Crippen molar-refractivity contribution in [2.75, 3.05) is 13.6 Å². The first-order valence-electron chi connectivity index (χ1n) is 5.30. The van der Waals surface area contributed by atoms with Gasteiger partial charge >= 0.3 is 0 Å². The zero-order chi connectivity index (χ0) is 13.9. The Morgan fingerprint density at radius 1 is 1.39 bits per heavy atom. The molecule has 0 N–H and O–H groups in total. The second-order valence-corrected chi connectivity index (χ2v) is 6.73. The van der Waals surface area contributed by atoms with E-state index in [0.717, 1.165) is 16.4 Å². The van der Waals surface area contributed by atoms with Crippen LogP contribution in [0.1, 0.15) is 13.3 Å². The topological polar surface area (TPSA) is 37.4 Å². The first kappa shape index (κ1) is 15.3. The van der Waals surface area contributed by atoms with Gasteiger partial charge in [-0.05, 0) is 31.5 Å². The Labute approximate surface area is 110 Å². The molecule has 3 nitrogen and oxygen atoms in total. The molecule has 0 aliphatic rings. The normalized spacial score (nSPS) is 13.9. The van der Waals surface area contributed by atoms with Crippen molar-refractivity contribution in [3.05, 3.63) is 29.8 Å². The largest absolute Gasteiger partial charge is 0.245 e. The summed E-state index contributed by atoms with van der Waals surface area (Å²) in [5, 5.41) is -0.194. The van der Waals surface area contributed by atoms with E-state index in [1.165, 1.54) is 7.05 Å². The molecular formula is C11H14ClF2NO2S. The van der Waals surface area contributed by atoms with Crippen LogP contribution < -0.4 is 0 Å². The minimum atomic E-state index is -4.03. The number of hydrogen-bond acceptors (Lipinski definition) is 2. The average Bonchev–Trinajstić information content (AvgIpc) is 2.28. The van der Waals surface area contributed by atoms with Crippen molar-refractivity contribution >= 4 is 21.6 Å². The number of halogens is 3. The molecule has 1 unspecified atom stereocenters. The summed E-state index contributed by atoms with van der Waals surface area (Å²) in [6.07, 6.45) is 0.425. The molecule has 1 aromatic carbocycles. The standard InChI is InChI=1S/C11H14ClF2NO2S/c1-8(12)5-6-15(2)18(16,17)11-7-9(13)3-4-10(11)14/h3-4,7-8H,5-6H2,1-2H3. The third-order valence-electron chi connectivity index (χ3n) is 2.42. The highest BCUT2D eigenvalue weighted by molar-refractivity contribution is 7.89. The van der Waals surface area contributed by atoms with Gasteiger partial charge in [0, 0.05) is 19.0 Å². The lowest BCUT2D eigenvalue weighted by molar-refractivity contribution is 0.453. The van der Waals surface area contributed by atoms with E-state index in [0.29, 0.717) is 12.5 Å². The highest BCUT2D eigenvalue weighted by atomic mass is 35.5. The molecule has 0 bridgehead atoms. The van der Waals surface area contributed by atoms with Crippen LogP contribution in [0.15, 0.2) is 23.1 Å². The minimum Gasteiger partial charge on any atom is -0.207 e. The van der Waals surface area contributed by atoms with E-state index in [4.69, 9.17) is 11.6 Å². The summed E-state index contributed by atoms with van der Waals surface area (Å²) in [6.45, 7) is 1.87. The molecule has 0 heterocycles. The molecule has 102 valence electrons. The fraction of sp³-hybridized carbons (Fsp3) is 0.455. The molecule has 1 atom stereocenters. The van der Waals surface area contributed by atoms with Gasteiger partial charge in [-0.25, -0.2) is 21.5 Å². The highest BCUT2D eigenvalue weighted by Gasteiger charge is 2.25. The van der Waals surface area contributed by atoms with Crippen molar-refractivity contribution in [3.63, 3.8) is 0 Å². The summed E-state index contributed by atoms with van der Waals surface area (Å²) >= 11 is 5.72. The number of nitrogens with zero attached hydrogens (tertiary/aromatic N) is 1. The molecule has 0 saturated heterocycles. The maximum atomic E-state index is 13.4. The van der Waals surface area contributed by atoms with Crippen LogP contribution >= 0.6 is 11.6 Å². The Hall–Kier alpha value is -0.720. The summed E-state index contributed by atoms with van der Waals surface area (Å²) < 4.78 is 51.4. The molecule has 0 spiro atoms. The van der Waals surface area contributed by atoms with Crippen LogP contribution in [0.5, 0.6) is 0 Å². The van der Waals surface area contributed by atoms with Gasteiger partial charge in [-0.2, -0.15) is 0 Å². The van der Waals surface area contributed by atoms with Gasteiger partial charge in [-0.3, -0.25) is 0 Å². The first-order valence-corrected chi connectivity index (χ1v) is 7.18. The van der Waals surface area contributed by atoms with Crippen LogP contribution in [0, 0.1) is 11.6 Å². The van der Waals surface area contributed by atoms with E-state index < -0.39 is 26.6 Å². The van der Waals surface area contributed by atoms with E-state index in [1.807, 2.05) is 0 Å². The fourth-order valence-corrected chi connectivity index (χ4v) is 2.68. The molecule has 1 rings (SSSR count). The number of alkyl halides is 1. The second-order valence-electron chi connectivity index (χ2n) is 3.97. The zero-order valence-electron chi connectivity index (χ0n) is 10.0. The maximum Gasteiger partial charge on any atom is 0.245 e. The minimum absolute atomic E-state index is 0.142. The quantitative estimate of drug-likeness (QED) is 0.784. The lowest BCUT2D eigenvalue weighted by Gasteiger charge is -2.18. The molecule has 0 aromatic heterocycles. The molecule has 18 heavy (non-hydrogen) atoms. The Morgan fingerprint density at radius 3 is 2.56 bits per heavy atom. The van der Waals surface area contributed by atoms with Gasteiger partial charge in [0.2, 0.25) is 10.0 Å². The number of benzene rings is 1. The van der Waals surface area contributed by atoms with E-state index in [2.05, 4.69) is 0 Å². The van der Waals surface area contributed by atoms with Crippen molar-refractivity contribution < 1.29 is 17.2 Å². The van der Waals surface area contributed by atoms with Gasteiger partial charge in [0.15, 0.2) is 0 Å². The van der Waals surface area contributed by atoms with Gasteiger partial charge in [-0.1, -0.05) is 0 Å². The van der Waals surface area contributed by atoms with Crippen LogP contribution in [-0.4, -0.2) is 31.7 Å². The van der Waals surface area contributed by atoms with Gasteiger partial charge in [-0.15, -0.1) is 11.6 Å². The molecule has 0 fully saturated rings. The summed E-state index contributed by atoms with van der Waals surface area (Å²) in [4.78, 5) is -0.660. The van der Waals surface area contributed by atoms with Crippen LogP contribution in [0.25, 0.3) is 0 Å². The van der Waals surface area contributed by atoms with Gasteiger partial charge in [0.25, 0.3) is 0 Å². The smallest absolute Gasteiger partial charge is 0.207 e. The molecule has 1 aromatic rings. The zero-order valence-corrected chi connectivity index (χ0v) is 11.6. The molecule has 0 saturated carbocycles. The Morgan fingerprint density at radius 2 is 2.00 bits per heavy atom. The Kier molecular flexibility index (Phi) is 5.07. The fourth-order valence-electron chi connectivity index (χ4n) is 1.32.